The first kappa shape index (κ1) is 19.6. The van der Waals surface area contributed by atoms with E-state index >= 15 is 0 Å². The highest BCUT2D eigenvalue weighted by molar-refractivity contribution is 6.42. The zero-order valence-corrected chi connectivity index (χ0v) is 15.2. The molecule has 1 atom stereocenters. The van der Waals surface area contributed by atoms with Gasteiger partial charge >= 0.3 is 0 Å². The average Bonchev–Trinajstić information content (AvgIpc) is 2.97. The average molecular weight is 366 g/mol. The normalized spacial score (nSPS) is 17.9. The second-order valence-corrected chi connectivity index (χ2v) is 6.40. The molecular weight excluding hydrogens is 343 g/mol. The maximum absolute atomic E-state index is 12.9. The van der Waals surface area contributed by atoms with E-state index < -0.39 is 5.41 Å². The minimum absolute atomic E-state index is 0. The van der Waals surface area contributed by atoms with E-state index in [1.807, 2.05) is 26.0 Å². The fourth-order valence-corrected chi connectivity index (χ4v) is 3.30. The van der Waals surface area contributed by atoms with Crippen LogP contribution in [0.5, 0.6) is 0 Å². The molecule has 1 aromatic rings. The van der Waals surface area contributed by atoms with Crippen LogP contribution in [0, 0.1) is 0 Å². The van der Waals surface area contributed by atoms with Crippen molar-refractivity contribution in [2.75, 3.05) is 13.1 Å². The Morgan fingerprint density at radius 1 is 1.32 bits per heavy atom. The van der Waals surface area contributed by atoms with Gasteiger partial charge < -0.3 is 10.6 Å². The first-order valence-corrected chi connectivity index (χ1v) is 8.26. The van der Waals surface area contributed by atoms with Gasteiger partial charge in [0.25, 0.3) is 0 Å². The van der Waals surface area contributed by atoms with E-state index in [-0.39, 0.29) is 24.4 Å². The van der Waals surface area contributed by atoms with Crippen molar-refractivity contribution in [3.63, 3.8) is 0 Å². The predicted octanol–water partition coefficient (Wildman–Crippen LogP) is 3.95. The molecule has 1 aromatic carbocycles. The smallest absolute Gasteiger partial charge is 0.230 e. The summed E-state index contributed by atoms with van der Waals surface area (Å²) < 4.78 is 0. The molecule has 1 fully saturated rings. The van der Waals surface area contributed by atoms with Crippen LogP contribution in [0.15, 0.2) is 18.2 Å². The molecule has 124 valence electrons. The Kier molecular flexibility index (Phi) is 7.47. The minimum Gasteiger partial charge on any atom is -0.351 e. The molecule has 1 unspecified atom stereocenters. The first-order valence-electron chi connectivity index (χ1n) is 7.50. The Morgan fingerprint density at radius 2 is 2.00 bits per heavy atom. The third kappa shape index (κ3) is 3.88. The fraction of sp³-hybridized carbons (Fsp3) is 0.562. The zero-order valence-electron chi connectivity index (χ0n) is 12.9. The fourth-order valence-electron chi connectivity index (χ4n) is 3.01. The highest BCUT2D eigenvalue weighted by atomic mass is 35.5. The van der Waals surface area contributed by atoms with Crippen LogP contribution in [-0.4, -0.2) is 25.0 Å². The van der Waals surface area contributed by atoms with Crippen LogP contribution >= 0.6 is 35.6 Å². The number of nitrogens with one attached hydrogen (secondary N) is 2. The molecule has 1 aliphatic heterocycles. The van der Waals surface area contributed by atoms with Crippen molar-refractivity contribution in [2.45, 2.75) is 44.6 Å². The van der Waals surface area contributed by atoms with Gasteiger partial charge in [0.15, 0.2) is 0 Å². The van der Waals surface area contributed by atoms with E-state index in [2.05, 4.69) is 10.6 Å². The molecule has 0 spiro atoms. The van der Waals surface area contributed by atoms with Gasteiger partial charge in [-0.1, -0.05) is 43.1 Å². The van der Waals surface area contributed by atoms with Crippen LogP contribution in [-0.2, 0) is 10.2 Å². The lowest BCUT2D eigenvalue weighted by molar-refractivity contribution is -0.127. The molecule has 22 heavy (non-hydrogen) atoms. The van der Waals surface area contributed by atoms with Crippen molar-refractivity contribution < 1.29 is 4.79 Å². The number of carbonyl (C=O) groups is 1. The Labute approximate surface area is 148 Å². The van der Waals surface area contributed by atoms with Gasteiger partial charge in [-0.3, -0.25) is 4.79 Å². The van der Waals surface area contributed by atoms with Gasteiger partial charge in [0, 0.05) is 12.6 Å². The van der Waals surface area contributed by atoms with E-state index in [4.69, 9.17) is 23.2 Å². The third-order valence-electron chi connectivity index (χ3n) is 4.51. The SMILES string of the molecule is CCC(CC)(C(=O)NC1CCNC1)c1ccc(Cl)c(Cl)c1.Cl. The van der Waals surface area contributed by atoms with Gasteiger partial charge in [-0.05, 0) is 43.5 Å². The maximum Gasteiger partial charge on any atom is 0.230 e. The second kappa shape index (κ2) is 8.39. The van der Waals surface area contributed by atoms with Crippen molar-refractivity contribution in [3.05, 3.63) is 33.8 Å². The highest BCUT2D eigenvalue weighted by Gasteiger charge is 2.38. The van der Waals surface area contributed by atoms with Crippen molar-refractivity contribution in [2.24, 2.45) is 0 Å². The van der Waals surface area contributed by atoms with Crippen LogP contribution in [0.3, 0.4) is 0 Å². The van der Waals surface area contributed by atoms with Crippen molar-refractivity contribution in [1.29, 1.82) is 0 Å². The third-order valence-corrected chi connectivity index (χ3v) is 5.25. The van der Waals surface area contributed by atoms with Gasteiger partial charge in [-0.15, -0.1) is 12.4 Å². The second-order valence-electron chi connectivity index (χ2n) is 5.58. The topological polar surface area (TPSA) is 41.1 Å². The number of amides is 1. The summed E-state index contributed by atoms with van der Waals surface area (Å²) in [7, 11) is 0. The van der Waals surface area contributed by atoms with Gasteiger partial charge in [0.2, 0.25) is 5.91 Å². The van der Waals surface area contributed by atoms with Crippen molar-refractivity contribution >= 4 is 41.5 Å². The lowest BCUT2D eigenvalue weighted by Gasteiger charge is -2.32. The van der Waals surface area contributed by atoms with E-state index in [9.17, 15) is 4.79 Å². The summed E-state index contributed by atoms with van der Waals surface area (Å²) in [4.78, 5) is 12.9. The van der Waals surface area contributed by atoms with Crippen LogP contribution in [0.4, 0.5) is 0 Å². The van der Waals surface area contributed by atoms with E-state index in [0.717, 1.165) is 37.9 Å². The molecule has 0 saturated carbocycles. The molecule has 2 N–H and O–H groups in total. The summed E-state index contributed by atoms with van der Waals surface area (Å²) in [6.45, 7) is 5.89. The molecule has 6 heteroatoms. The summed E-state index contributed by atoms with van der Waals surface area (Å²) in [5, 5.41) is 7.46. The minimum atomic E-state index is -0.545. The summed E-state index contributed by atoms with van der Waals surface area (Å²) in [5.41, 5.74) is 0.391. The zero-order chi connectivity index (χ0) is 15.5. The largest absolute Gasteiger partial charge is 0.351 e. The molecule has 1 heterocycles. The molecular formula is C16H23Cl3N2O. The standard InChI is InChI=1S/C16H22Cl2N2O.ClH/c1-3-16(4-2,11-5-6-13(17)14(18)9-11)15(21)20-12-7-8-19-10-12;/h5-6,9,12,19H,3-4,7-8,10H2,1-2H3,(H,20,21);1H. The van der Waals surface area contributed by atoms with Gasteiger partial charge in [-0.25, -0.2) is 0 Å². The summed E-state index contributed by atoms with van der Waals surface area (Å²) >= 11 is 12.1. The van der Waals surface area contributed by atoms with Gasteiger partial charge in [-0.2, -0.15) is 0 Å². The Hall–Kier alpha value is -0.480. The Morgan fingerprint density at radius 3 is 2.50 bits per heavy atom. The molecule has 2 rings (SSSR count). The lowest BCUT2D eigenvalue weighted by Crippen LogP contribution is -2.48. The number of halogens is 3. The predicted molar refractivity (Wildman–Crippen MR) is 95.4 cm³/mol. The molecule has 0 bridgehead atoms. The Bertz CT molecular complexity index is 512. The molecule has 0 aromatic heterocycles. The molecule has 1 amide bonds. The van der Waals surface area contributed by atoms with E-state index in [1.54, 1.807) is 6.07 Å². The number of rotatable bonds is 5. The van der Waals surface area contributed by atoms with Crippen LogP contribution in [0.25, 0.3) is 0 Å². The first-order chi connectivity index (χ1) is 10.0. The summed E-state index contributed by atoms with van der Waals surface area (Å²) in [6.07, 6.45) is 2.44. The monoisotopic (exact) mass is 364 g/mol. The molecule has 1 aliphatic rings. The molecule has 0 radical (unpaired) electrons. The number of hydrogen-bond donors (Lipinski definition) is 2. The quantitative estimate of drug-likeness (QED) is 0.829. The van der Waals surface area contributed by atoms with Gasteiger partial charge in [0.05, 0.1) is 15.5 Å². The molecule has 3 nitrogen and oxygen atoms in total. The number of carbonyl (C=O) groups excluding carboxylic acids is 1. The highest BCUT2D eigenvalue weighted by Crippen LogP contribution is 2.35. The van der Waals surface area contributed by atoms with Crippen molar-refractivity contribution in [1.82, 2.24) is 10.6 Å². The van der Waals surface area contributed by atoms with Gasteiger partial charge in [0.1, 0.15) is 0 Å². The lowest BCUT2D eigenvalue weighted by atomic mass is 9.75. The maximum atomic E-state index is 12.9. The molecule has 0 aliphatic carbocycles. The van der Waals surface area contributed by atoms with Crippen LogP contribution in [0.1, 0.15) is 38.7 Å². The number of hydrogen-bond acceptors (Lipinski definition) is 2. The Balaban J connectivity index is 0.00000242. The van der Waals surface area contributed by atoms with Crippen molar-refractivity contribution in [3.8, 4) is 0 Å². The van der Waals surface area contributed by atoms with E-state index in [1.165, 1.54) is 0 Å². The summed E-state index contributed by atoms with van der Waals surface area (Å²) in [5.74, 6) is 0.0830. The number of benzene rings is 1. The van der Waals surface area contributed by atoms with Crippen LogP contribution < -0.4 is 10.6 Å². The summed E-state index contributed by atoms with van der Waals surface area (Å²) in [6, 6.07) is 5.72. The van der Waals surface area contributed by atoms with E-state index in [0.29, 0.717) is 10.0 Å². The molecule has 1 saturated heterocycles. The van der Waals surface area contributed by atoms with Crippen LogP contribution in [0.2, 0.25) is 10.0 Å².